The van der Waals surface area contributed by atoms with Gasteiger partial charge in [-0.05, 0) is 45.8 Å². The summed E-state index contributed by atoms with van der Waals surface area (Å²) in [5.41, 5.74) is 1.48. The summed E-state index contributed by atoms with van der Waals surface area (Å²) >= 11 is 3.35. The number of hydrogen-bond donors (Lipinski definition) is 1. The molecule has 7 heteroatoms. The fourth-order valence-electron chi connectivity index (χ4n) is 2.16. The van der Waals surface area contributed by atoms with E-state index < -0.39 is 10.0 Å². The van der Waals surface area contributed by atoms with Crippen LogP contribution in [0.4, 0.5) is 5.69 Å². The Bertz CT molecular complexity index is 908. The van der Waals surface area contributed by atoms with Crippen LogP contribution in [0.1, 0.15) is 5.56 Å². The molecule has 0 fully saturated rings. The van der Waals surface area contributed by atoms with Crippen LogP contribution in [-0.4, -0.2) is 18.2 Å². The molecule has 0 unspecified atom stereocenters. The standard InChI is InChI=1S/C16H14BrN3O2S/c17-14-10-18-20(12-14)11-13-5-4-6-15(9-13)19-23(21,22)16-7-2-1-3-8-16/h1-10,12,19H,11H2. The highest BCUT2D eigenvalue weighted by Crippen LogP contribution is 2.18. The summed E-state index contributed by atoms with van der Waals surface area (Å²) in [6.07, 6.45) is 3.57. The van der Waals surface area contributed by atoms with Crippen molar-refractivity contribution in [2.45, 2.75) is 11.4 Å². The first-order valence-corrected chi connectivity index (χ1v) is 9.15. The van der Waals surface area contributed by atoms with Crippen LogP contribution in [0.5, 0.6) is 0 Å². The molecule has 0 saturated carbocycles. The third kappa shape index (κ3) is 4.00. The average molecular weight is 392 g/mol. The maximum atomic E-state index is 12.3. The largest absolute Gasteiger partial charge is 0.280 e. The Labute approximate surface area is 143 Å². The van der Waals surface area contributed by atoms with Gasteiger partial charge >= 0.3 is 0 Å². The van der Waals surface area contributed by atoms with Crippen LogP contribution in [0.3, 0.4) is 0 Å². The van der Waals surface area contributed by atoms with Crippen molar-refractivity contribution in [2.75, 3.05) is 4.72 Å². The first kappa shape index (κ1) is 15.8. The molecule has 23 heavy (non-hydrogen) atoms. The Morgan fingerprint density at radius 2 is 1.87 bits per heavy atom. The maximum absolute atomic E-state index is 12.3. The minimum atomic E-state index is -3.58. The van der Waals surface area contributed by atoms with E-state index in [4.69, 9.17) is 0 Å². The molecule has 0 atom stereocenters. The van der Waals surface area contributed by atoms with E-state index in [9.17, 15) is 8.42 Å². The van der Waals surface area contributed by atoms with E-state index in [-0.39, 0.29) is 4.90 Å². The predicted octanol–water partition coefficient (Wildman–Crippen LogP) is 3.49. The molecule has 3 aromatic rings. The van der Waals surface area contributed by atoms with E-state index in [0.717, 1.165) is 10.0 Å². The zero-order valence-electron chi connectivity index (χ0n) is 12.1. The van der Waals surface area contributed by atoms with Crippen molar-refractivity contribution < 1.29 is 8.42 Å². The summed E-state index contributed by atoms with van der Waals surface area (Å²) in [6.45, 7) is 0.562. The van der Waals surface area contributed by atoms with E-state index in [0.29, 0.717) is 12.2 Å². The summed E-state index contributed by atoms with van der Waals surface area (Å²) in [5.74, 6) is 0. The Morgan fingerprint density at radius 1 is 1.09 bits per heavy atom. The number of rotatable bonds is 5. The van der Waals surface area contributed by atoms with Gasteiger partial charge in [0.1, 0.15) is 0 Å². The highest BCUT2D eigenvalue weighted by Gasteiger charge is 2.13. The second-order valence-electron chi connectivity index (χ2n) is 4.98. The molecule has 0 aliphatic rings. The van der Waals surface area contributed by atoms with Gasteiger partial charge < -0.3 is 0 Å². The molecular formula is C16H14BrN3O2S. The zero-order chi connectivity index (χ0) is 16.3. The van der Waals surface area contributed by atoms with Gasteiger partial charge in [0.15, 0.2) is 0 Å². The lowest BCUT2D eigenvalue weighted by Gasteiger charge is -2.09. The first-order chi connectivity index (χ1) is 11.0. The van der Waals surface area contributed by atoms with Gasteiger partial charge in [-0.3, -0.25) is 9.40 Å². The lowest BCUT2D eigenvalue weighted by molar-refractivity contribution is 0.601. The molecule has 0 saturated heterocycles. The quantitative estimate of drug-likeness (QED) is 0.723. The van der Waals surface area contributed by atoms with E-state index in [1.54, 1.807) is 53.3 Å². The number of aromatic nitrogens is 2. The van der Waals surface area contributed by atoms with Crippen molar-refractivity contribution in [3.63, 3.8) is 0 Å². The third-order valence-corrected chi connectivity index (χ3v) is 4.99. The number of hydrogen-bond acceptors (Lipinski definition) is 3. The van der Waals surface area contributed by atoms with Crippen LogP contribution in [0, 0.1) is 0 Å². The lowest BCUT2D eigenvalue weighted by atomic mass is 10.2. The number of sulfonamides is 1. The average Bonchev–Trinajstić information content (AvgIpc) is 2.93. The normalized spacial score (nSPS) is 11.3. The molecule has 5 nitrogen and oxygen atoms in total. The molecule has 118 valence electrons. The van der Waals surface area contributed by atoms with E-state index in [1.807, 2.05) is 18.3 Å². The summed E-state index contributed by atoms with van der Waals surface area (Å²) in [5, 5.41) is 4.19. The SMILES string of the molecule is O=S(=O)(Nc1cccc(Cn2cc(Br)cn2)c1)c1ccccc1. The molecule has 3 rings (SSSR count). The predicted molar refractivity (Wildman–Crippen MR) is 92.7 cm³/mol. The van der Waals surface area contributed by atoms with Gasteiger partial charge in [0, 0.05) is 11.9 Å². The Morgan fingerprint density at radius 3 is 2.57 bits per heavy atom. The van der Waals surface area contributed by atoms with Crippen molar-refractivity contribution in [2.24, 2.45) is 0 Å². The smallest absolute Gasteiger partial charge is 0.261 e. The van der Waals surface area contributed by atoms with E-state index in [1.165, 1.54) is 0 Å². The third-order valence-electron chi connectivity index (χ3n) is 3.18. The molecule has 0 spiro atoms. The van der Waals surface area contributed by atoms with Crippen molar-refractivity contribution >= 4 is 31.6 Å². The van der Waals surface area contributed by atoms with Crippen LogP contribution in [0.15, 0.2) is 76.4 Å². The minimum absolute atomic E-state index is 0.237. The fourth-order valence-corrected chi connectivity index (χ4v) is 3.56. The molecule has 0 amide bonds. The molecular weight excluding hydrogens is 378 g/mol. The van der Waals surface area contributed by atoms with Crippen LogP contribution < -0.4 is 4.72 Å². The van der Waals surface area contributed by atoms with Crippen LogP contribution in [0.25, 0.3) is 0 Å². The van der Waals surface area contributed by atoms with Gasteiger partial charge in [-0.15, -0.1) is 0 Å². The van der Waals surface area contributed by atoms with Gasteiger partial charge in [-0.2, -0.15) is 5.10 Å². The Hall–Kier alpha value is -2.12. The molecule has 0 aliphatic carbocycles. The number of benzene rings is 2. The maximum Gasteiger partial charge on any atom is 0.261 e. The second-order valence-corrected chi connectivity index (χ2v) is 7.57. The molecule has 0 bridgehead atoms. The van der Waals surface area contributed by atoms with Crippen molar-refractivity contribution in [1.82, 2.24) is 9.78 Å². The lowest BCUT2D eigenvalue weighted by Crippen LogP contribution is -2.13. The van der Waals surface area contributed by atoms with Gasteiger partial charge in [-0.25, -0.2) is 8.42 Å². The van der Waals surface area contributed by atoms with Crippen molar-refractivity contribution in [1.29, 1.82) is 0 Å². The monoisotopic (exact) mass is 391 g/mol. The van der Waals surface area contributed by atoms with Crippen LogP contribution in [0.2, 0.25) is 0 Å². The topological polar surface area (TPSA) is 64.0 Å². The summed E-state index contributed by atoms with van der Waals surface area (Å²) in [7, 11) is -3.58. The van der Waals surface area contributed by atoms with Gasteiger partial charge in [-0.1, -0.05) is 30.3 Å². The molecule has 1 N–H and O–H groups in total. The molecule has 0 aliphatic heterocycles. The van der Waals surface area contributed by atoms with Crippen molar-refractivity contribution in [3.8, 4) is 0 Å². The number of nitrogens with one attached hydrogen (secondary N) is 1. The van der Waals surface area contributed by atoms with Crippen LogP contribution >= 0.6 is 15.9 Å². The Kier molecular flexibility index (Phi) is 4.49. The zero-order valence-corrected chi connectivity index (χ0v) is 14.5. The first-order valence-electron chi connectivity index (χ1n) is 6.88. The van der Waals surface area contributed by atoms with Gasteiger partial charge in [0.2, 0.25) is 0 Å². The number of halogens is 1. The summed E-state index contributed by atoms with van der Waals surface area (Å²) in [6, 6.07) is 15.6. The van der Waals surface area contributed by atoms with E-state index in [2.05, 4.69) is 25.8 Å². The van der Waals surface area contributed by atoms with E-state index >= 15 is 0 Å². The summed E-state index contributed by atoms with van der Waals surface area (Å²) < 4.78 is 30.0. The molecule has 0 radical (unpaired) electrons. The molecule has 1 aromatic heterocycles. The highest BCUT2D eigenvalue weighted by atomic mass is 79.9. The molecule has 1 heterocycles. The fraction of sp³-hybridized carbons (Fsp3) is 0.0625. The second kappa shape index (κ2) is 6.55. The van der Waals surface area contributed by atoms with Crippen LogP contribution in [-0.2, 0) is 16.6 Å². The minimum Gasteiger partial charge on any atom is -0.280 e. The Balaban J connectivity index is 1.80. The number of anilines is 1. The number of nitrogens with zero attached hydrogens (tertiary/aromatic N) is 2. The van der Waals surface area contributed by atoms with Gasteiger partial charge in [0.05, 0.1) is 22.1 Å². The summed E-state index contributed by atoms with van der Waals surface area (Å²) in [4.78, 5) is 0.237. The van der Waals surface area contributed by atoms with Crippen molar-refractivity contribution in [3.05, 3.63) is 77.0 Å². The molecule has 2 aromatic carbocycles. The van der Waals surface area contributed by atoms with Gasteiger partial charge in [0.25, 0.3) is 10.0 Å². The highest BCUT2D eigenvalue weighted by molar-refractivity contribution is 9.10.